The van der Waals surface area contributed by atoms with Crippen LogP contribution in [-0.4, -0.2) is 51.0 Å². The van der Waals surface area contributed by atoms with E-state index in [1.807, 2.05) is 42.5 Å². The average Bonchev–Trinajstić information content (AvgIpc) is 3.40. The molecular formula is C28H29Cl2N5O4S2. The molecule has 9 nitrogen and oxygen atoms in total. The molecule has 0 bridgehead atoms. The summed E-state index contributed by atoms with van der Waals surface area (Å²) in [5.41, 5.74) is 8.67. The molecule has 0 radical (unpaired) electrons. The molecule has 0 spiro atoms. The minimum absolute atomic E-state index is 0.0186. The highest BCUT2D eigenvalue weighted by molar-refractivity contribution is 7.90. The highest BCUT2D eigenvalue weighted by Crippen LogP contribution is 2.31. The van der Waals surface area contributed by atoms with E-state index in [9.17, 15) is 16.8 Å². The van der Waals surface area contributed by atoms with Gasteiger partial charge in [0.15, 0.2) is 10.7 Å². The molecule has 0 unspecified atom stereocenters. The highest BCUT2D eigenvalue weighted by atomic mass is 35.5. The molecule has 0 aromatic heterocycles. The first-order valence-corrected chi connectivity index (χ1v) is 16.4. The van der Waals surface area contributed by atoms with Gasteiger partial charge in [-0.15, -0.1) is 4.40 Å². The van der Waals surface area contributed by atoms with Crippen LogP contribution < -0.4 is 11.1 Å². The van der Waals surface area contributed by atoms with Crippen molar-refractivity contribution in [3.8, 4) is 0 Å². The minimum Gasteiger partial charge on any atom is -0.351 e. The number of sulfonamides is 1. The second-order valence-electron chi connectivity index (χ2n) is 10.2. The van der Waals surface area contributed by atoms with Crippen molar-refractivity contribution >= 4 is 55.6 Å². The fraction of sp³-hybridized carbons (Fsp3) is 0.286. The Kier molecular flexibility index (Phi) is 8.72. The van der Waals surface area contributed by atoms with Crippen LogP contribution in [0.25, 0.3) is 0 Å². The van der Waals surface area contributed by atoms with Crippen LogP contribution in [0.1, 0.15) is 42.7 Å². The standard InChI is InChI=1S/C28H29Cl2N5O4S2/c29-21-8-6-20(7-9-21)26-25(19-4-2-1-3-5-19)18-35(33-26)27(32-23-14-16-28(31,17-15-23)40(36)37)34-41(38,39)24-12-10-22(30)11-13-24/h1-13,23,25,40H,14-18,31H2,(H,32,34)/t23-,25-,28+/m0/s1. The van der Waals surface area contributed by atoms with E-state index in [0.29, 0.717) is 29.4 Å². The molecule has 2 aliphatic rings. The number of hydrazone groups is 1. The molecule has 216 valence electrons. The zero-order valence-corrected chi connectivity index (χ0v) is 25.1. The van der Waals surface area contributed by atoms with Gasteiger partial charge in [-0.1, -0.05) is 65.7 Å². The van der Waals surface area contributed by atoms with Gasteiger partial charge in [0.05, 0.1) is 17.2 Å². The molecule has 3 aromatic rings. The molecule has 1 atom stereocenters. The zero-order chi connectivity index (χ0) is 29.2. The number of thiol groups is 1. The molecule has 13 heteroatoms. The van der Waals surface area contributed by atoms with Crippen LogP contribution in [0.15, 0.2) is 93.3 Å². The first-order chi connectivity index (χ1) is 19.5. The van der Waals surface area contributed by atoms with Crippen molar-refractivity contribution in [1.82, 2.24) is 10.3 Å². The van der Waals surface area contributed by atoms with E-state index in [0.717, 1.165) is 16.8 Å². The molecule has 1 saturated carbocycles. The summed E-state index contributed by atoms with van der Waals surface area (Å²) >= 11 is 12.1. The molecule has 1 heterocycles. The van der Waals surface area contributed by atoms with Crippen molar-refractivity contribution in [2.45, 2.75) is 47.4 Å². The SMILES string of the molecule is N[C@]1([SH](=O)=O)CC[C@@H](N/C(=N/S(=O)(=O)c2ccc(Cl)cc2)N2C[C@@H](c3ccccc3)C(c3ccc(Cl)cc3)=N2)CC1. The second kappa shape index (κ2) is 12.1. The Balaban J connectivity index is 1.53. The monoisotopic (exact) mass is 633 g/mol. The Morgan fingerprint density at radius 3 is 2.12 bits per heavy atom. The van der Waals surface area contributed by atoms with E-state index >= 15 is 0 Å². The van der Waals surface area contributed by atoms with Gasteiger partial charge < -0.3 is 11.1 Å². The molecule has 3 N–H and O–H groups in total. The Labute approximate surface area is 251 Å². The van der Waals surface area contributed by atoms with Gasteiger partial charge in [0.25, 0.3) is 10.0 Å². The maximum atomic E-state index is 13.4. The Bertz CT molecular complexity index is 1630. The lowest BCUT2D eigenvalue weighted by molar-refractivity contribution is 0.326. The fourth-order valence-corrected chi connectivity index (χ4v) is 6.85. The van der Waals surface area contributed by atoms with E-state index in [1.54, 1.807) is 17.1 Å². The van der Waals surface area contributed by atoms with Gasteiger partial charge in [-0.2, -0.15) is 13.5 Å². The second-order valence-corrected chi connectivity index (χ2v) is 14.0. The number of hydrogen-bond donors (Lipinski definition) is 3. The summed E-state index contributed by atoms with van der Waals surface area (Å²) < 4.78 is 54.4. The smallest absolute Gasteiger partial charge is 0.285 e. The first kappa shape index (κ1) is 29.5. The first-order valence-electron chi connectivity index (χ1n) is 13.0. The van der Waals surface area contributed by atoms with Crippen molar-refractivity contribution in [3.63, 3.8) is 0 Å². The molecule has 1 aliphatic heterocycles. The highest BCUT2D eigenvalue weighted by Gasteiger charge is 2.37. The molecule has 0 amide bonds. The number of nitrogens with one attached hydrogen (secondary N) is 1. The lowest BCUT2D eigenvalue weighted by Crippen LogP contribution is -2.51. The Hall–Kier alpha value is -2.96. The molecular weight excluding hydrogens is 605 g/mol. The number of halogens is 2. The number of hydrogen-bond acceptors (Lipinski definition) is 6. The third-order valence-corrected chi connectivity index (χ3v) is 10.3. The van der Waals surface area contributed by atoms with E-state index in [-0.39, 0.29) is 35.7 Å². The quantitative estimate of drug-likeness (QED) is 0.209. The summed E-state index contributed by atoms with van der Waals surface area (Å²) in [6.45, 7) is 0.323. The molecule has 3 aromatic carbocycles. The van der Waals surface area contributed by atoms with Crippen LogP contribution >= 0.6 is 23.2 Å². The Morgan fingerprint density at radius 2 is 1.54 bits per heavy atom. The summed E-state index contributed by atoms with van der Waals surface area (Å²) in [4.78, 5) is -1.29. The van der Waals surface area contributed by atoms with Crippen LogP contribution in [0.2, 0.25) is 10.0 Å². The van der Waals surface area contributed by atoms with Gasteiger partial charge in [0.1, 0.15) is 4.87 Å². The van der Waals surface area contributed by atoms with E-state index in [2.05, 4.69) is 9.71 Å². The minimum atomic E-state index is -4.15. The fourth-order valence-electron chi connectivity index (χ4n) is 5.01. The topological polar surface area (TPSA) is 134 Å². The lowest BCUT2D eigenvalue weighted by Gasteiger charge is -2.34. The summed E-state index contributed by atoms with van der Waals surface area (Å²) in [5, 5.41) is 10.7. The van der Waals surface area contributed by atoms with Crippen LogP contribution in [0, 0.1) is 0 Å². The zero-order valence-electron chi connectivity index (χ0n) is 21.9. The van der Waals surface area contributed by atoms with E-state index in [4.69, 9.17) is 34.0 Å². The third kappa shape index (κ3) is 6.76. The van der Waals surface area contributed by atoms with Gasteiger partial charge in [0, 0.05) is 22.0 Å². The summed E-state index contributed by atoms with van der Waals surface area (Å²) in [6.07, 6.45) is 1.33. The van der Waals surface area contributed by atoms with Crippen LogP contribution in [0.5, 0.6) is 0 Å². The van der Waals surface area contributed by atoms with Crippen molar-refractivity contribution < 1.29 is 16.8 Å². The van der Waals surface area contributed by atoms with Crippen LogP contribution in [0.4, 0.5) is 0 Å². The number of guanidine groups is 1. The Morgan fingerprint density at radius 1 is 0.951 bits per heavy atom. The van der Waals surface area contributed by atoms with Crippen molar-refractivity contribution in [2.75, 3.05) is 6.54 Å². The maximum absolute atomic E-state index is 13.4. The summed E-state index contributed by atoms with van der Waals surface area (Å²) in [6, 6.07) is 22.6. The average molecular weight is 635 g/mol. The van der Waals surface area contributed by atoms with Crippen molar-refractivity contribution in [2.24, 2.45) is 15.2 Å². The molecule has 5 rings (SSSR count). The van der Waals surface area contributed by atoms with E-state index in [1.165, 1.54) is 24.3 Å². The van der Waals surface area contributed by atoms with Crippen LogP contribution in [0.3, 0.4) is 0 Å². The molecule has 41 heavy (non-hydrogen) atoms. The predicted octanol–water partition coefficient (Wildman–Crippen LogP) is 4.34. The van der Waals surface area contributed by atoms with Crippen molar-refractivity contribution in [3.05, 3.63) is 100 Å². The van der Waals surface area contributed by atoms with Crippen molar-refractivity contribution in [1.29, 1.82) is 0 Å². The van der Waals surface area contributed by atoms with Crippen LogP contribution in [-0.2, 0) is 20.7 Å². The van der Waals surface area contributed by atoms with Gasteiger partial charge in [-0.05, 0) is 73.2 Å². The number of benzene rings is 3. The number of nitrogens with zero attached hydrogens (tertiary/aromatic N) is 3. The largest absolute Gasteiger partial charge is 0.351 e. The van der Waals surface area contributed by atoms with E-state index < -0.39 is 25.6 Å². The van der Waals surface area contributed by atoms with Gasteiger partial charge >= 0.3 is 0 Å². The van der Waals surface area contributed by atoms with Gasteiger partial charge in [0.2, 0.25) is 5.96 Å². The molecule has 1 fully saturated rings. The van der Waals surface area contributed by atoms with Gasteiger partial charge in [-0.25, -0.2) is 13.4 Å². The molecule has 0 saturated heterocycles. The lowest BCUT2D eigenvalue weighted by atomic mass is 9.90. The number of rotatable bonds is 6. The normalized spacial score (nSPS) is 23.5. The number of nitrogens with two attached hydrogens (primary N) is 1. The van der Waals surface area contributed by atoms with Gasteiger partial charge in [-0.3, -0.25) is 0 Å². The maximum Gasteiger partial charge on any atom is 0.285 e. The third-order valence-electron chi connectivity index (χ3n) is 7.37. The summed E-state index contributed by atoms with van der Waals surface area (Å²) in [7, 11) is -6.95. The summed E-state index contributed by atoms with van der Waals surface area (Å²) in [5.74, 6) is -0.138. The predicted molar refractivity (Wildman–Crippen MR) is 163 cm³/mol. The molecule has 1 aliphatic carbocycles.